The SMILES string of the molecule is CC[C@H](Oc1cc(C)cc(C)c1)C(=O)NCCCc1ccccc1OC. The molecule has 1 amide bonds. The lowest BCUT2D eigenvalue weighted by Crippen LogP contribution is -2.38. The van der Waals surface area contributed by atoms with Gasteiger partial charge >= 0.3 is 0 Å². The number of ether oxygens (including phenoxy) is 2. The zero-order chi connectivity index (χ0) is 18.9. The Kier molecular flexibility index (Phi) is 7.52. The Morgan fingerprint density at radius 1 is 1.12 bits per heavy atom. The molecule has 26 heavy (non-hydrogen) atoms. The van der Waals surface area contributed by atoms with Gasteiger partial charge in [0.15, 0.2) is 6.10 Å². The van der Waals surface area contributed by atoms with Gasteiger partial charge in [-0.1, -0.05) is 31.2 Å². The predicted octanol–water partition coefficient (Wildman–Crippen LogP) is 4.22. The average Bonchev–Trinajstić information content (AvgIpc) is 2.62. The molecule has 2 aromatic rings. The summed E-state index contributed by atoms with van der Waals surface area (Å²) in [5.41, 5.74) is 3.42. The predicted molar refractivity (Wildman–Crippen MR) is 105 cm³/mol. The third kappa shape index (κ3) is 5.80. The Morgan fingerprint density at radius 2 is 1.81 bits per heavy atom. The van der Waals surface area contributed by atoms with E-state index < -0.39 is 6.10 Å². The molecular formula is C22H29NO3. The highest BCUT2D eigenvalue weighted by Crippen LogP contribution is 2.19. The van der Waals surface area contributed by atoms with Gasteiger partial charge in [0.1, 0.15) is 11.5 Å². The van der Waals surface area contributed by atoms with Crippen LogP contribution in [-0.2, 0) is 11.2 Å². The molecule has 0 aromatic heterocycles. The van der Waals surface area contributed by atoms with Gasteiger partial charge in [-0.15, -0.1) is 0 Å². The molecule has 4 nitrogen and oxygen atoms in total. The summed E-state index contributed by atoms with van der Waals surface area (Å²) in [6, 6.07) is 14.0. The van der Waals surface area contributed by atoms with E-state index in [1.54, 1.807) is 7.11 Å². The number of benzene rings is 2. The fourth-order valence-electron chi connectivity index (χ4n) is 3.00. The molecule has 0 spiro atoms. The second-order valence-corrected chi connectivity index (χ2v) is 6.54. The molecular weight excluding hydrogens is 326 g/mol. The summed E-state index contributed by atoms with van der Waals surface area (Å²) < 4.78 is 11.3. The molecule has 0 bridgehead atoms. The Bertz CT molecular complexity index is 707. The maximum Gasteiger partial charge on any atom is 0.261 e. The quantitative estimate of drug-likeness (QED) is 0.685. The van der Waals surface area contributed by atoms with Crippen molar-refractivity contribution in [1.29, 1.82) is 0 Å². The first-order chi connectivity index (χ1) is 12.5. The number of carbonyl (C=O) groups is 1. The maximum atomic E-state index is 12.4. The van der Waals surface area contributed by atoms with Crippen molar-refractivity contribution >= 4 is 5.91 Å². The maximum absolute atomic E-state index is 12.4. The lowest BCUT2D eigenvalue weighted by atomic mass is 10.1. The first-order valence-corrected chi connectivity index (χ1v) is 9.18. The fourth-order valence-corrected chi connectivity index (χ4v) is 3.00. The van der Waals surface area contributed by atoms with Crippen LogP contribution in [0.2, 0.25) is 0 Å². The minimum Gasteiger partial charge on any atom is -0.496 e. The Morgan fingerprint density at radius 3 is 2.46 bits per heavy atom. The third-order valence-electron chi connectivity index (χ3n) is 4.25. The molecule has 140 valence electrons. The zero-order valence-corrected chi connectivity index (χ0v) is 16.2. The van der Waals surface area contributed by atoms with E-state index >= 15 is 0 Å². The molecule has 1 N–H and O–H groups in total. The lowest BCUT2D eigenvalue weighted by molar-refractivity contribution is -0.128. The van der Waals surface area contributed by atoms with E-state index in [2.05, 4.69) is 17.4 Å². The summed E-state index contributed by atoms with van der Waals surface area (Å²) in [4.78, 5) is 12.4. The van der Waals surface area contributed by atoms with Crippen molar-refractivity contribution in [1.82, 2.24) is 5.32 Å². The van der Waals surface area contributed by atoms with Gasteiger partial charge in [0.2, 0.25) is 0 Å². The normalized spacial score (nSPS) is 11.7. The van der Waals surface area contributed by atoms with Crippen LogP contribution in [0, 0.1) is 13.8 Å². The second kappa shape index (κ2) is 9.85. The number of hydrogen-bond acceptors (Lipinski definition) is 3. The van der Waals surface area contributed by atoms with E-state index in [-0.39, 0.29) is 5.91 Å². The van der Waals surface area contributed by atoms with Gasteiger partial charge < -0.3 is 14.8 Å². The highest BCUT2D eigenvalue weighted by Gasteiger charge is 2.18. The molecule has 0 heterocycles. The molecule has 2 rings (SSSR count). The molecule has 0 aliphatic rings. The number of hydrogen-bond donors (Lipinski definition) is 1. The monoisotopic (exact) mass is 355 g/mol. The third-order valence-corrected chi connectivity index (χ3v) is 4.25. The molecule has 0 aliphatic carbocycles. The molecule has 0 saturated heterocycles. The first kappa shape index (κ1) is 19.8. The number of rotatable bonds is 9. The summed E-state index contributed by atoms with van der Waals surface area (Å²) in [6.07, 6.45) is 1.87. The molecule has 4 heteroatoms. The Labute approximate surface area is 156 Å². The summed E-state index contributed by atoms with van der Waals surface area (Å²) in [6.45, 7) is 6.63. The summed E-state index contributed by atoms with van der Waals surface area (Å²) >= 11 is 0. The number of amides is 1. The largest absolute Gasteiger partial charge is 0.496 e. The van der Waals surface area contributed by atoms with Gasteiger partial charge in [0.05, 0.1) is 7.11 Å². The van der Waals surface area contributed by atoms with E-state index in [9.17, 15) is 4.79 Å². The van der Waals surface area contributed by atoms with E-state index in [4.69, 9.17) is 9.47 Å². The second-order valence-electron chi connectivity index (χ2n) is 6.54. The van der Waals surface area contributed by atoms with Gasteiger partial charge in [-0.05, 0) is 68.0 Å². The lowest BCUT2D eigenvalue weighted by Gasteiger charge is -2.18. The minimum absolute atomic E-state index is 0.0633. The summed E-state index contributed by atoms with van der Waals surface area (Å²) in [7, 11) is 1.68. The molecule has 0 fully saturated rings. The van der Waals surface area contributed by atoms with Crippen molar-refractivity contribution in [2.45, 2.75) is 46.1 Å². The number of para-hydroxylation sites is 1. The van der Waals surface area contributed by atoms with Crippen LogP contribution in [0.4, 0.5) is 0 Å². The number of aryl methyl sites for hydroxylation is 3. The van der Waals surface area contributed by atoms with Crippen LogP contribution >= 0.6 is 0 Å². The van der Waals surface area contributed by atoms with Gasteiger partial charge in [0, 0.05) is 6.54 Å². The van der Waals surface area contributed by atoms with Crippen LogP contribution in [-0.4, -0.2) is 25.7 Å². The molecule has 0 saturated carbocycles. The van der Waals surface area contributed by atoms with Crippen LogP contribution in [0.3, 0.4) is 0 Å². The number of methoxy groups -OCH3 is 1. The van der Waals surface area contributed by atoms with Crippen LogP contribution < -0.4 is 14.8 Å². The standard InChI is InChI=1S/C22H29NO3/c1-5-20(26-19-14-16(2)13-17(3)15-19)22(24)23-12-8-10-18-9-6-7-11-21(18)25-4/h6-7,9,11,13-15,20H,5,8,10,12H2,1-4H3,(H,23,24)/t20-/m0/s1. The highest BCUT2D eigenvalue weighted by atomic mass is 16.5. The van der Waals surface area contributed by atoms with Crippen molar-refractivity contribution in [3.63, 3.8) is 0 Å². The molecule has 1 atom stereocenters. The zero-order valence-electron chi connectivity index (χ0n) is 16.2. The highest BCUT2D eigenvalue weighted by molar-refractivity contribution is 5.81. The molecule has 0 aliphatic heterocycles. The number of nitrogens with one attached hydrogen (secondary N) is 1. The van der Waals surface area contributed by atoms with Crippen LogP contribution in [0.5, 0.6) is 11.5 Å². The molecule has 0 radical (unpaired) electrons. The summed E-state index contributed by atoms with van der Waals surface area (Å²) in [5, 5.41) is 2.99. The smallest absolute Gasteiger partial charge is 0.261 e. The molecule has 2 aromatic carbocycles. The van der Waals surface area contributed by atoms with E-state index in [1.807, 2.05) is 51.1 Å². The van der Waals surface area contributed by atoms with Crippen LogP contribution in [0.1, 0.15) is 36.5 Å². The van der Waals surface area contributed by atoms with Crippen molar-refractivity contribution in [2.75, 3.05) is 13.7 Å². The van der Waals surface area contributed by atoms with Crippen molar-refractivity contribution < 1.29 is 14.3 Å². The Balaban J connectivity index is 1.83. The van der Waals surface area contributed by atoms with Gasteiger partial charge in [0.25, 0.3) is 5.91 Å². The van der Waals surface area contributed by atoms with Gasteiger partial charge in [-0.3, -0.25) is 4.79 Å². The van der Waals surface area contributed by atoms with Crippen molar-refractivity contribution in [3.8, 4) is 11.5 Å². The van der Waals surface area contributed by atoms with E-state index in [0.717, 1.165) is 41.0 Å². The Hall–Kier alpha value is -2.49. The van der Waals surface area contributed by atoms with E-state index in [0.29, 0.717) is 13.0 Å². The van der Waals surface area contributed by atoms with Crippen molar-refractivity contribution in [3.05, 3.63) is 59.2 Å². The minimum atomic E-state index is -0.470. The fraction of sp³-hybridized carbons (Fsp3) is 0.409. The van der Waals surface area contributed by atoms with Crippen LogP contribution in [0.15, 0.2) is 42.5 Å². The van der Waals surface area contributed by atoms with E-state index in [1.165, 1.54) is 0 Å². The average molecular weight is 355 g/mol. The summed E-state index contributed by atoms with van der Waals surface area (Å²) in [5.74, 6) is 1.58. The van der Waals surface area contributed by atoms with Gasteiger partial charge in [-0.25, -0.2) is 0 Å². The van der Waals surface area contributed by atoms with Crippen LogP contribution in [0.25, 0.3) is 0 Å². The first-order valence-electron chi connectivity index (χ1n) is 9.18. The van der Waals surface area contributed by atoms with Gasteiger partial charge in [-0.2, -0.15) is 0 Å². The van der Waals surface area contributed by atoms with Crippen molar-refractivity contribution in [2.24, 2.45) is 0 Å². The molecule has 0 unspecified atom stereocenters. The topological polar surface area (TPSA) is 47.6 Å². The number of carbonyl (C=O) groups excluding carboxylic acids is 1.